The van der Waals surface area contributed by atoms with Crippen LogP contribution in [0.1, 0.15) is 66.4 Å². The number of hydrogen-bond donors (Lipinski definition) is 5. The van der Waals surface area contributed by atoms with E-state index < -0.39 is 15.4 Å². The summed E-state index contributed by atoms with van der Waals surface area (Å²) in [5.41, 5.74) is 1.60. The Bertz CT molecular complexity index is 938. The number of phenols is 4. The third-order valence-corrected chi connectivity index (χ3v) is 7.25. The molecule has 2 rings (SSSR count). The molecular formula is C20H24O5S3. The number of thiol groups is 1. The zero-order valence-corrected chi connectivity index (χ0v) is 18.5. The molecule has 2 unspecified atom stereocenters. The molecule has 2 aromatic rings. The molecule has 4 N–H and O–H groups in total. The lowest BCUT2D eigenvalue weighted by Gasteiger charge is -2.18. The Morgan fingerprint density at radius 2 is 1.25 bits per heavy atom. The molecule has 5 nitrogen and oxygen atoms in total. The number of phenolic OH excluding ortho intramolecular Hbond substituents is 4. The van der Waals surface area contributed by atoms with E-state index in [1.807, 2.05) is 27.7 Å². The van der Waals surface area contributed by atoms with Crippen LogP contribution in [0.3, 0.4) is 0 Å². The summed E-state index contributed by atoms with van der Waals surface area (Å²) >= 11 is 9.71. The molecule has 0 aromatic heterocycles. The Morgan fingerprint density at radius 3 is 1.75 bits per heavy atom. The van der Waals surface area contributed by atoms with Crippen LogP contribution in [0, 0.1) is 0 Å². The number of benzene rings is 2. The average molecular weight is 441 g/mol. The third-order valence-electron chi connectivity index (χ3n) is 4.44. The van der Waals surface area contributed by atoms with Gasteiger partial charge in [-0.05, 0) is 35.1 Å². The van der Waals surface area contributed by atoms with Crippen LogP contribution in [0.2, 0.25) is 0 Å². The van der Waals surface area contributed by atoms with Gasteiger partial charge in [0.2, 0.25) is 0 Å². The summed E-state index contributed by atoms with van der Waals surface area (Å²) in [6, 6.07) is 5.45. The maximum atomic E-state index is 13.0. The fraction of sp³-hybridized carbons (Fsp3) is 0.350. The second kappa shape index (κ2) is 8.71. The average Bonchev–Trinajstić information content (AvgIpc) is 2.59. The minimum atomic E-state index is -1.88. The van der Waals surface area contributed by atoms with Crippen molar-refractivity contribution >= 4 is 39.8 Å². The van der Waals surface area contributed by atoms with Crippen LogP contribution < -0.4 is 0 Å². The second-order valence-electron chi connectivity index (χ2n) is 7.14. The van der Waals surface area contributed by atoms with Gasteiger partial charge in [0.1, 0.15) is 31.8 Å². The van der Waals surface area contributed by atoms with Crippen molar-refractivity contribution in [2.45, 2.75) is 44.1 Å². The third kappa shape index (κ3) is 4.45. The highest BCUT2D eigenvalue weighted by Gasteiger charge is 2.27. The van der Waals surface area contributed by atoms with Crippen LogP contribution in [0.5, 0.6) is 23.0 Å². The highest BCUT2D eigenvalue weighted by molar-refractivity contribution is 8.18. The van der Waals surface area contributed by atoms with Crippen molar-refractivity contribution in [2.24, 2.45) is 0 Å². The quantitative estimate of drug-likeness (QED) is 0.338. The predicted octanol–water partition coefficient (Wildman–Crippen LogP) is 4.81. The standard InChI is InChI=1S/C20H24O5S3/c1-9(2)11-5-13(17(23)7-15(11)21)19(26)28(25)20(27)14-6-12(10(3)4)16(22)8-18(14)24/h5-10,19,21-24,26H,1-4H3. The first-order chi connectivity index (χ1) is 13.0. The lowest BCUT2D eigenvalue weighted by atomic mass is 9.99. The lowest BCUT2D eigenvalue weighted by molar-refractivity contribution is 0.440. The van der Waals surface area contributed by atoms with Gasteiger partial charge in [0.25, 0.3) is 0 Å². The van der Waals surface area contributed by atoms with E-state index in [2.05, 4.69) is 12.6 Å². The molecule has 0 aliphatic carbocycles. The van der Waals surface area contributed by atoms with Crippen molar-refractivity contribution < 1.29 is 24.6 Å². The maximum Gasteiger partial charge on any atom is 0.128 e. The molecule has 0 amide bonds. The van der Waals surface area contributed by atoms with Crippen molar-refractivity contribution in [1.82, 2.24) is 0 Å². The minimum Gasteiger partial charge on any atom is -0.508 e. The van der Waals surface area contributed by atoms with Crippen LogP contribution in [0.15, 0.2) is 24.3 Å². The number of hydrogen-bond acceptors (Lipinski definition) is 7. The first-order valence-corrected chi connectivity index (χ1v) is 10.8. The van der Waals surface area contributed by atoms with Gasteiger partial charge in [-0.3, -0.25) is 4.21 Å². The van der Waals surface area contributed by atoms with Gasteiger partial charge >= 0.3 is 0 Å². The van der Waals surface area contributed by atoms with Gasteiger partial charge in [-0.2, -0.15) is 12.6 Å². The Balaban J connectivity index is 2.46. The summed E-state index contributed by atoms with van der Waals surface area (Å²) in [7, 11) is -1.88. The summed E-state index contributed by atoms with van der Waals surface area (Å²) in [6.45, 7) is 7.51. The molecule has 0 saturated carbocycles. The van der Waals surface area contributed by atoms with Gasteiger partial charge in [0.05, 0.1) is 10.8 Å². The Hall–Kier alpha value is -1.77. The van der Waals surface area contributed by atoms with E-state index in [0.717, 1.165) is 0 Å². The van der Waals surface area contributed by atoms with Crippen molar-refractivity contribution in [2.75, 3.05) is 0 Å². The number of thiocarbonyl (C=S) groups is 1. The Labute approximate surface area is 177 Å². The molecule has 0 aliphatic heterocycles. The highest BCUT2D eigenvalue weighted by Crippen LogP contribution is 2.40. The molecular weight excluding hydrogens is 416 g/mol. The first-order valence-electron chi connectivity index (χ1n) is 8.70. The maximum absolute atomic E-state index is 13.0. The molecule has 0 heterocycles. The SMILES string of the molecule is CC(C)c1cc(C(=S)S(=O)C(S)c2cc(C(C)C)c(O)cc2O)c(O)cc1O. The van der Waals surface area contributed by atoms with Gasteiger partial charge in [-0.25, -0.2) is 0 Å². The molecule has 0 saturated heterocycles. The normalized spacial score (nSPS) is 13.7. The molecule has 0 fully saturated rings. The van der Waals surface area contributed by atoms with Gasteiger partial charge in [-0.1, -0.05) is 39.9 Å². The summed E-state index contributed by atoms with van der Waals surface area (Å²) in [5, 5.41) is 40.4. The van der Waals surface area contributed by atoms with Gasteiger partial charge in [0, 0.05) is 23.3 Å². The topological polar surface area (TPSA) is 98.0 Å². The van der Waals surface area contributed by atoms with Crippen molar-refractivity contribution in [3.8, 4) is 23.0 Å². The molecule has 0 bridgehead atoms. The number of aromatic hydroxyl groups is 4. The van der Waals surface area contributed by atoms with Crippen LogP contribution in [-0.4, -0.2) is 28.8 Å². The molecule has 2 atom stereocenters. The van der Waals surface area contributed by atoms with E-state index >= 15 is 0 Å². The molecule has 0 spiro atoms. The molecule has 0 aliphatic rings. The van der Waals surface area contributed by atoms with Crippen LogP contribution in [-0.2, 0) is 10.8 Å². The van der Waals surface area contributed by atoms with E-state index in [1.165, 1.54) is 18.2 Å². The largest absolute Gasteiger partial charge is 0.508 e. The molecule has 28 heavy (non-hydrogen) atoms. The lowest BCUT2D eigenvalue weighted by Crippen LogP contribution is -2.13. The first kappa shape index (κ1) is 22.5. The van der Waals surface area contributed by atoms with E-state index in [4.69, 9.17) is 12.2 Å². The van der Waals surface area contributed by atoms with Crippen molar-refractivity contribution in [1.29, 1.82) is 0 Å². The van der Waals surface area contributed by atoms with Gasteiger partial charge < -0.3 is 20.4 Å². The Morgan fingerprint density at radius 1 is 0.821 bits per heavy atom. The van der Waals surface area contributed by atoms with Crippen LogP contribution >= 0.6 is 24.8 Å². The van der Waals surface area contributed by atoms with Crippen LogP contribution in [0.25, 0.3) is 0 Å². The summed E-state index contributed by atoms with van der Waals surface area (Å²) in [5.74, 6) is -0.686. The monoisotopic (exact) mass is 440 g/mol. The molecule has 8 heteroatoms. The second-order valence-corrected chi connectivity index (χ2v) is 10.2. The molecule has 152 valence electrons. The Kier molecular flexibility index (Phi) is 7.01. The van der Waals surface area contributed by atoms with E-state index in [-0.39, 0.29) is 50.2 Å². The van der Waals surface area contributed by atoms with Crippen LogP contribution in [0.4, 0.5) is 0 Å². The highest BCUT2D eigenvalue weighted by atomic mass is 32.2. The van der Waals surface area contributed by atoms with Crippen molar-refractivity contribution in [3.05, 3.63) is 46.5 Å². The summed E-state index contributed by atoms with van der Waals surface area (Å²) in [6.07, 6.45) is 0. The summed E-state index contributed by atoms with van der Waals surface area (Å²) in [4.78, 5) is 0. The van der Waals surface area contributed by atoms with E-state index in [9.17, 15) is 24.6 Å². The summed E-state index contributed by atoms with van der Waals surface area (Å²) < 4.78 is 12.0. The van der Waals surface area contributed by atoms with E-state index in [0.29, 0.717) is 11.1 Å². The van der Waals surface area contributed by atoms with Gasteiger partial charge in [0.15, 0.2) is 0 Å². The fourth-order valence-electron chi connectivity index (χ4n) is 2.82. The van der Waals surface area contributed by atoms with Gasteiger partial charge in [-0.15, -0.1) is 0 Å². The zero-order valence-electron chi connectivity index (χ0n) is 16.0. The smallest absolute Gasteiger partial charge is 0.128 e. The zero-order chi connectivity index (χ0) is 21.3. The van der Waals surface area contributed by atoms with Crippen molar-refractivity contribution in [3.63, 3.8) is 0 Å². The molecule has 2 aromatic carbocycles. The fourth-order valence-corrected chi connectivity index (χ4v) is 5.01. The minimum absolute atomic E-state index is 0.0185. The molecule has 0 radical (unpaired) electrons. The van der Waals surface area contributed by atoms with E-state index in [1.54, 1.807) is 6.07 Å². The number of rotatable bonds is 5. The predicted molar refractivity (Wildman–Crippen MR) is 119 cm³/mol.